The molecule has 2 nitrogen and oxygen atoms in total. The van der Waals surface area contributed by atoms with Gasteiger partial charge in [0.15, 0.2) is 0 Å². The molecule has 1 rings (SSSR count). The number of rotatable bonds is 7. The van der Waals surface area contributed by atoms with Crippen LogP contribution in [0.25, 0.3) is 0 Å². The van der Waals surface area contributed by atoms with E-state index in [1.165, 1.54) is 12.0 Å². The Balaban J connectivity index is 2.39. The predicted octanol–water partition coefficient (Wildman–Crippen LogP) is 3.16. The smallest absolute Gasteiger partial charge is 0.0409 e. The molecule has 0 aliphatic carbocycles. The summed E-state index contributed by atoms with van der Waals surface area (Å²) in [5, 5.41) is 4.18. The molecule has 1 N–H and O–H groups in total. The second-order valence-electron chi connectivity index (χ2n) is 4.54. The molecule has 0 spiro atoms. The molecule has 1 atom stereocenters. The average molecular weight is 255 g/mol. The lowest BCUT2D eigenvalue weighted by molar-refractivity contribution is 0.237. The van der Waals surface area contributed by atoms with Crippen LogP contribution in [0.4, 0.5) is 0 Å². The lowest BCUT2D eigenvalue weighted by Gasteiger charge is -2.25. The van der Waals surface area contributed by atoms with E-state index < -0.39 is 0 Å². The zero-order valence-corrected chi connectivity index (χ0v) is 11.8. The Labute approximate surface area is 110 Å². The molecule has 0 heterocycles. The molecule has 1 unspecified atom stereocenters. The normalized spacial score (nSPS) is 13.0. The summed E-state index contributed by atoms with van der Waals surface area (Å²) in [6, 6.07) is 8.66. The van der Waals surface area contributed by atoms with Gasteiger partial charge in [-0.15, -0.1) is 0 Å². The summed E-state index contributed by atoms with van der Waals surface area (Å²) in [5.74, 6) is 0. The first-order valence-corrected chi connectivity index (χ1v) is 6.66. The zero-order chi connectivity index (χ0) is 12.7. The van der Waals surface area contributed by atoms with Gasteiger partial charge in [0.1, 0.15) is 0 Å². The highest BCUT2D eigenvalue weighted by molar-refractivity contribution is 6.30. The van der Waals surface area contributed by atoms with Crippen molar-refractivity contribution < 1.29 is 0 Å². The van der Waals surface area contributed by atoms with Crippen molar-refractivity contribution in [1.29, 1.82) is 0 Å². The van der Waals surface area contributed by atoms with Crippen LogP contribution in [0.5, 0.6) is 0 Å². The highest BCUT2D eigenvalue weighted by Crippen LogP contribution is 2.13. The third kappa shape index (κ3) is 5.53. The highest BCUT2D eigenvalue weighted by atomic mass is 35.5. The second kappa shape index (κ2) is 7.70. The molecule has 1 aromatic carbocycles. The molecule has 0 saturated carbocycles. The van der Waals surface area contributed by atoms with Gasteiger partial charge in [-0.2, -0.15) is 0 Å². The average Bonchev–Trinajstić information content (AvgIpc) is 2.29. The van der Waals surface area contributed by atoms with E-state index in [-0.39, 0.29) is 0 Å². The lowest BCUT2D eigenvalue weighted by Crippen LogP contribution is -2.31. The van der Waals surface area contributed by atoms with E-state index in [0.717, 1.165) is 24.7 Å². The topological polar surface area (TPSA) is 15.3 Å². The molecule has 0 fully saturated rings. The molecule has 0 aromatic heterocycles. The Bertz CT molecular complexity index is 328. The van der Waals surface area contributed by atoms with Crippen molar-refractivity contribution in [3.63, 3.8) is 0 Å². The van der Waals surface area contributed by atoms with Gasteiger partial charge in [-0.3, -0.25) is 4.90 Å². The van der Waals surface area contributed by atoms with E-state index >= 15 is 0 Å². The Morgan fingerprint density at radius 3 is 2.82 bits per heavy atom. The highest BCUT2D eigenvalue weighted by Gasteiger charge is 2.09. The van der Waals surface area contributed by atoms with Gasteiger partial charge in [0.05, 0.1) is 0 Å². The maximum Gasteiger partial charge on any atom is 0.0409 e. The summed E-state index contributed by atoms with van der Waals surface area (Å²) in [6.45, 7) is 7.48. The van der Waals surface area contributed by atoms with Gasteiger partial charge in [0.2, 0.25) is 0 Å². The largest absolute Gasteiger partial charge is 0.317 e. The van der Waals surface area contributed by atoms with Gasteiger partial charge < -0.3 is 5.32 Å². The van der Waals surface area contributed by atoms with Crippen molar-refractivity contribution in [2.24, 2.45) is 0 Å². The first kappa shape index (κ1) is 14.5. The first-order valence-electron chi connectivity index (χ1n) is 6.29. The molecule has 96 valence electrons. The molecular formula is C14H23ClN2. The summed E-state index contributed by atoms with van der Waals surface area (Å²) in [4.78, 5) is 2.36. The molecule has 0 amide bonds. The van der Waals surface area contributed by atoms with Gasteiger partial charge in [0, 0.05) is 17.6 Å². The summed E-state index contributed by atoms with van der Waals surface area (Å²) in [5.41, 5.74) is 1.27. The summed E-state index contributed by atoms with van der Waals surface area (Å²) >= 11 is 5.98. The van der Waals surface area contributed by atoms with E-state index in [4.69, 9.17) is 11.6 Å². The molecule has 0 aliphatic heterocycles. The van der Waals surface area contributed by atoms with Gasteiger partial charge >= 0.3 is 0 Å². The van der Waals surface area contributed by atoms with Crippen LogP contribution in [-0.4, -0.2) is 31.1 Å². The first-order chi connectivity index (χ1) is 8.13. The van der Waals surface area contributed by atoms with E-state index in [0.29, 0.717) is 6.04 Å². The van der Waals surface area contributed by atoms with E-state index in [9.17, 15) is 0 Å². The van der Waals surface area contributed by atoms with Crippen LogP contribution in [-0.2, 0) is 6.54 Å². The van der Waals surface area contributed by atoms with Crippen LogP contribution in [0.3, 0.4) is 0 Å². The maximum absolute atomic E-state index is 5.98. The van der Waals surface area contributed by atoms with Crippen molar-refractivity contribution in [1.82, 2.24) is 10.2 Å². The molecule has 0 aliphatic rings. The summed E-state index contributed by atoms with van der Waals surface area (Å²) < 4.78 is 0. The fraction of sp³-hybridized carbons (Fsp3) is 0.571. The maximum atomic E-state index is 5.98. The van der Waals surface area contributed by atoms with E-state index in [1.807, 2.05) is 18.2 Å². The molecule has 0 saturated heterocycles. The van der Waals surface area contributed by atoms with Gasteiger partial charge in [-0.25, -0.2) is 0 Å². The fourth-order valence-corrected chi connectivity index (χ4v) is 2.00. The number of hydrogen-bond donors (Lipinski definition) is 1. The predicted molar refractivity (Wildman–Crippen MR) is 75.5 cm³/mol. The fourth-order valence-electron chi connectivity index (χ4n) is 1.79. The number of nitrogens with zero attached hydrogens (tertiary/aromatic N) is 1. The minimum Gasteiger partial charge on any atom is -0.317 e. The van der Waals surface area contributed by atoms with Gasteiger partial charge in [-0.1, -0.05) is 30.7 Å². The van der Waals surface area contributed by atoms with Crippen molar-refractivity contribution >= 4 is 11.6 Å². The molecular weight excluding hydrogens is 232 g/mol. The monoisotopic (exact) mass is 254 g/mol. The Morgan fingerprint density at radius 2 is 2.18 bits per heavy atom. The van der Waals surface area contributed by atoms with Crippen LogP contribution >= 0.6 is 11.6 Å². The third-order valence-electron chi connectivity index (χ3n) is 3.06. The lowest BCUT2D eigenvalue weighted by atomic mass is 10.1. The summed E-state index contributed by atoms with van der Waals surface area (Å²) in [7, 11) is 2.16. The van der Waals surface area contributed by atoms with Crippen molar-refractivity contribution in [2.75, 3.05) is 20.1 Å². The second-order valence-corrected chi connectivity index (χ2v) is 4.97. The zero-order valence-electron chi connectivity index (χ0n) is 11.0. The Morgan fingerprint density at radius 1 is 1.41 bits per heavy atom. The number of hydrogen-bond acceptors (Lipinski definition) is 2. The quantitative estimate of drug-likeness (QED) is 0.752. The molecule has 0 bridgehead atoms. The molecule has 17 heavy (non-hydrogen) atoms. The standard InChI is InChI=1S/C14H23ClN2/c1-4-16-9-8-12(2)17(3)11-13-6-5-7-14(15)10-13/h5-7,10,12,16H,4,8-9,11H2,1-3H3. The van der Waals surface area contributed by atoms with Crippen LogP contribution in [0.1, 0.15) is 25.8 Å². The Kier molecular flexibility index (Phi) is 6.56. The number of benzene rings is 1. The van der Waals surface area contributed by atoms with Crippen LogP contribution in [0.2, 0.25) is 5.02 Å². The molecule has 3 heteroatoms. The third-order valence-corrected chi connectivity index (χ3v) is 3.30. The van der Waals surface area contributed by atoms with Crippen LogP contribution in [0, 0.1) is 0 Å². The number of halogens is 1. The Hall–Kier alpha value is -0.570. The van der Waals surface area contributed by atoms with Crippen LogP contribution in [0.15, 0.2) is 24.3 Å². The minimum atomic E-state index is 0.577. The molecule has 0 radical (unpaired) electrons. The SMILES string of the molecule is CCNCCC(C)N(C)Cc1cccc(Cl)c1. The van der Waals surface area contributed by atoms with E-state index in [1.54, 1.807) is 0 Å². The minimum absolute atomic E-state index is 0.577. The van der Waals surface area contributed by atoms with Crippen LogP contribution < -0.4 is 5.32 Å². The number of nitrogens with one attached hydrogen (secondary N) is 1. The van der Waals surface area contributed by atoms with Crippen molar-refractivity contribution in [2.45, 2.75) is 32.9 Å². The van der Waals surface area contributed by atoms with E-state index in [2.05, 4.69) is 37.2 Å². The van der Waals surface area contributed by atoms with Crippen molar-refractivity contribution in [3.8, 4) is 0 Å². The van der Waals surface area contributed by atoms with Gasteiger partial charge in [-0.05, 0) is 51.2 Å². The van der Waals surface area contributed by atoms with Crippen molar-refractivity contribution in [3.05, 3.63) is 34.9 Å². The molecule has 1 aromatic rings. The summed E-state index contributed by atoms with van der Waals surface area (Å²) in [6.07, 6.45) is 1.17. The van der Waals surface area contributed by atoms with Gasteiger partial charge in [0.25, 0.3) is 0 Å².